The molecule has 1 aromatic carbocycles. The molecule has 2 N–H and O–H groups in total. The Morgan fingerprint density at radius 2 is 1.90 bits per heavy atom. The first-order chi connectivity index (χ1) is 9.12. The number of nitrogens with zero attached hydrogens (tertiary/aromatic N) is 1. The molecule has 0 saturated heterocycles. The molecule has 0 bridgehead atoms. The third-order valence-corrected chi connectivity index (χ3v) is 2.79. The lowest BCUT2D eigenvalue weighted by Gasteiger charge is -2.35. The number of phenolic OH excluding ortho intramolecular Hbond substituents is 1. The van der Waals surface area contributed by atoms with Gasteiger partial charge in [-0.2, -0.15) is 0 Å². The Morgan fingerprint density at radius 1 is 1.30 bits per heavy atom. The van der Waals surface area contributed by atoms with Crippen molar-refractivity contribution in [3.8, 4) is 5.75 Å². The summed E-state index contributed by atoms with van der Waals surface area (Å²) in [4.78, 5) is 24.4. The average Bonchev–Trinajstić information content (AvgIpc) is 2.26. The van der Waals surface area contributed by atoms with Crippen LogP contribution in [0.4, 0.5) is 4.39 Å². The van der Waals surface area contributed by atoms with Crippen LogP contribution in [0.25, 0.3) is 0 Å². The molecule has 0 aromatic heterocycles. The predicted octanol–water partition coefficient (Wildman–Crippen LogP) is 2.25. The number of carbonyl (C=O) groups is 2. The number of aliphatic carboxylic acids is 1. The van der Waals surface area contributed by atoms with E-state index in [1.165, 1.54) is 11.0 Å². The van der Waals surface area contributed by atoms with Gasteiger partial charge in [0.2, 0.25) is 0 Å². The molecule has 20 heavy (non-hydrogen) atoms. The van der Waals surface area contributed by atoms with Crippen LogP contribution in [0.5, 0.6) is 5.75 Å². The second-order valence-corrected chi connectivity index (χ2v) is 5.43. The number of halogens is 1. The van der Waals surface area contributed by atoms with Gasteiger partial charge in [0.05, 0.1) is 12.0 Å². The third kappa shape index (κ3) is 3.94. The second kappa shape index (κ2) is 5.90. The van der Waals surface area contributed by atoms with Crippen LogP contribution in [-0.4, -0.2) is 39.1 Å². The molecule has 0 unspecified atom stereocenters. The lowest BCUT2D eigenvalue weighted by molar-refractivity contribution is -0.137. The maximum absolute atomic E-state index is 12.9. The van der Waals surface area contributed by atoms with Gasteiger partial charge in [0.15, 0.2) is 0 Å². The smallest absolute Gasteiger partial charge is 0.305 e. The molecular weight excluding hydrogens is 265 g/mol. The van der Waals surface area contributed by atoms with Gasteiger partial charge in [-0.25, -0.2) is 4.39 Å². The summed E-state index contributed by atoms with van der Waals surface area (Å²) in [6, 6.07) is 3.11. The summed E-state index contributed by atoms with van der Waals surface area (Å²) < 4.78 is 12.9. The molecule has 0 spiro atoms. The summed E-state index contributed by atoms with van der Waals surface area (Å²) >= 11 is 0. The third-order valence-electron chi connectivity index (χ3n) is 2.79. The summed E-state index contributed by atoms with van der Waals surface area (Å²) in [5.41, 5.74) is -0.667. The fourth-order valence-corrected chi connectivity index (χ4v) is 1.78. The Labute approximate surface area is 116 Å². The topological polar surface area (TPSA) is 77.8 Å². The first kappa shape index (κ1) is 15.9. The molecule has 0 saturated carbocycles. The van der Waals surface area contributed by atoms with Gasteiger partial charge >= 0.3 is 5.97 Å². The van der Waals surface area contributed by atoms with E-state index < -0.39 is 29.0 Å². The average molecular weight is 283 g/mol. The number of phenols is 1. The molecule has 0 aliphatic heterocycles. The number of carbonyl (C=O) groups excluding carboxylic acids is 1. The highest BCUT2D eigenvalue weighted by atomic mass is 19.1. The van der Waals surface area contributed by atoms with Crippen molar-refractivity contribution in [1.82, 2.24) is 4.90 Å². The zero-order valence-electron chi connectivity index (χ0n) is 11.7. The van der Waals surface area contributed by atoms with Crippen LogP contribution < -0.4 is 0 Å². The van der Waals surface area contributed by atoms with Gasteiger partial charge in [-0.15, -0.1) is 0 Å². The Kier molecular flexibility index (Phi) is 4.70. The van der Waals surface area contributed by atoms with Crippen LogP contribution in [0, 0.1) is 5.82 Å². The highest BCUT2D eigenvalue weighted by Crippen LogP contribution is 2.24. The zero-order chi connectivity index (χ0) is 15.5. The molecule has 110 valence electrons. The zero-order valence-corrected chi connectivity index (χ0v) is 11.7. The van der Waals surface area contributed by atoms with Crippen molar-refractivity contribution >= 4 is 11.9 Å². The van der Waals surface area contributed by atoms with Gasteiger partial charge in [-0.1, -0.05) is 0 Å². The van der Waals surface area contributed by atoms with Crippen molar-refractivity contribution in [1.29, 1.82) is 0 Å². The van der Waals surface area contributed by atoms with E-state index in [0.717, 1.165) is 12.1 Å². The van der Waals surface area contributed by atoms with E-state index in [1.54, 1.807) is 20.8 Å². The molecule has 0 aliphatic rings. The predicted molar refractivity (Wildman–Crippen MR) is 71.1 cm³/mol. The number of carboxylic acid groups (broad SMARTS) is 1. The molecule has 0 radical (unpaired) electrons. The molecule has 0 atom stereocenters. The largest absolute Gasteiger partial charge is 0.507 e. The van der Waals surface area contributed by atoms with Crippen molar-refractivity contribution in [2.45, 2.75) is 32.7 Å². The molecule has 6 heteroatoms. The van der Waals surface area contributed by atoms with Crippen LogP contribution >= 0.6 is 0 Å². The first-order valence-corrected chi connectivity index (χ1v) is 6.15. The van der Waals surface area contributed by atoms with E-state index >= 15 is 0 Å². The Hall–Kier alpha value is -2.11. The Bertz CT molecular complexity index is 522. The van der Waals surface area contributed by atoms with Crippen molar-refractivity contribution in [3.63, 3.8) is 0 Å². The summed E-state index contributed by atoms with van der Waals surface area (Å²) in [5.74, 6) is -2.65. The molecule has 0 heterocycles. The molecule has 5 nitrogen and oxygen atoms in total. The van der Waals surface area contributed by atoms with Crippen molar-refractivity contribution in [2.24, 2.45) is 0 Å². The number of carboxylic acids is 1. The van der Waals surface area contributed by atoms with E-state index in [0.29, 0.717) is 0 Å². The van der Waals surface area contributed by atoms with Crippen molar-refractivity contribution < 1.29 is 24.2 Å². The minimum atomic E-state index is -1.02. The maximum atomic E-state index is 12.9. The van der Waals surface area contributed by atoms with E-state index in [-0.39, 0.29) is 18.5 Å². The quantitative estimate of drug-likeness (QED) is 0.888. The van der Waals surface area contributed by atoms with E-state index in [4.69, 9.17) is 5.11 Å². The second-order valence-electron chi connectivity index (χ2n) is 5.43. The number of aromatic hydroxyl groups is 1. The lowest BCUT2D eigenvalue weighted by Crippen LogP contribution is -2.46. The van der Waals surface area contributed by atoms with Crippen molar-refractivity contribution in [3.05, 3.63) is 29.6 Å². The highest BCUT2D eigenvalue weighted by Gasteiger charge is 2.29. The number of benzene rings is 1. The van der Waals surface area contributed by atoms with Gasteiger partial charge in [0.1, 0.15) is 11.6 Å². The summed E-state index contributed by atoms with van der Waals surface area (Å²) in [6.45, 7) is 5.28. The first-order valence-electron chi connectivity index (χ1n) is 6.15. The molecule has 0 aliphatic carbocycles. The number of rotatable bonds is 4. The number of hydrogen-bond donors (Lipinski definition) is 2. The van der Waals surface area contributed by atoms with Gasteiger partial charge in [-0.05, 0) is 32.9 Å². The van der Waals surface area contributed by atoms with Crippen molar-refractivity contribution in [2.75, 3.05) is 6.54 Å². The molecule has 1 aromatic rings. The van der Waals surface area contributed by atoms with Gasteiger partial charge < -0.3 is 15.1 Å². The summed E-state index contributed by atoms with van der Waals surface area (Å²) in [5, 5.41) is 18.4. The van der Waals surface area contributed by atoms with Gasteiger partial charge in [0, 0.05) is 18.2 Å². The molecular formula is C14H18FNO4. The SMILES string of the molecule is CC(C)(C)N(CCC(=O)O)C(=O)c1ccc(F)cc1O. The normalized spacial score (nSPS) is 11.2. The van der Waals surface area contributed by atoms with Crippen LogP contribution in [0.3, 0.4) is 0 Å². The van der Waals surface area contributed by atoms with E-state index in [2.05, 4.69) is 0 Å². The minimum Gasteiger partial charge on any atom is -0.507 e. The number of hydrogen-bond acceptors (Lipinski definition) is 3. The summed E-state index contributed by atoms with van der Waals surface area (Å²) in [6.07, 6.45) is -0.203. The lowest BCUT2D eigenvalue weighted by atomic mass is 10.0. The molecule has 1 rings (SSSR count). The van der Waals surface area contributed by atoms with Gasteiger partial charge in [-0.3, -0.25) is 9.59 Å². The number of amides is 1. The fraction of sp³-hybridized carbons (Fsp3) is 0.429. The Balaban J connectivity index is 3.07. The summed E-state index contributed by atoms with van der Waals surface area (Å²) in [7, 11) is 0. The maximum Gasteiger partial charge on any atom is 0.305 e. The van der Waals surface area contributed by atoms with Crippen LogP contribution in [-0.2, 0) is 4.79 Å². The van der Waals surface area contributed by atoms with E-state index in [1.807, 2.05) is 0 Å². The van der Waals surface area contributed by atoms with Crippen LogP contribution in [0.2, 0.25) is 0 Å². The highest BCUT2D eigenvalue weighted by molar-refractivity contribution is 5.97. The monoisotopic (exact) mass is 283 g/mol. The Morgan fingerprint density at radius 3 is 2.35 bits per heavy atom. The fourth-order valence-electron chi connectivity index (χ4n) is 1.78. The van der Waals surface area contributed by atoms with E-state index in [9.17, 15) is 19.1 Å². The molecule has 0 fully saturated rings. The molecule has 1 amide bonds. The minimum absolute atomic E-state index is 0.00842. The van der Waals surface area contributed by atoms with Crippen LogP contribution in [0.1, 0.15) is 37.6 Å². The standard InChI is InChI=1S/C14H18FNO4/c1-14(2,3)16(7-6-12(18)19)13(20)10-5-4-9(15)8-11(10)17/h4-5,8,17H,6-7H2,1-3H3,(H,18,19). The van der Waals surface area contributed by atoms with Gasteiger partial charge in [0.25, 0.3) is 5.91 Å². The van der Waals surface area contributed by atoms with Crippen LogP contribution in [0.15, 0.2) is 18.2 Å².